The van der Waals surface area contributed by atoms with Crippen LogP contribution in [0.1, 0.15) is 43.5 Å². The molecule has 0 spiro atoms. The number of hydrogen-bond donors (Lipinski definition) is 1. The molecule has 0 bridgehead atoms. The van der Waals surface area contributed by atoms with Gasteiger partial charge in [0.25, 0.3) is 0 Å². The molecule has 1 aromatic rings. The van der Waals surface area contributed by atoms with Gasteiger partial charge in [0.1, 0.15) is 0 Å². The standard InChI is InChI=1S/C13H20BrNOS/c1-9-3-6-13(16-2,7-4-9)12(15)11-10(14)5-8-17-11/h5,8-9,12H,3-4,6-7,15H2,1-2H3. The average molecular weight is 318 g/mol. The predicted octanol–water partition coefficient (Wildman–Crippen LogP) is 4.11. The van der Waals surface area contributed by atoms with E-state index in [4.69, 9.17) is 10.5 Å². The topological polar surface area (TPSA) is 35.2 Å². The third kappa shape index (κ3) is 2.60. The van der Waals surface area contributed by atoms with Crippen molar-refractivity contribution >= 4 is 27.3 Å². The molecule has 17 heavy (non-hydrogen) atoms. The molecule has 0 aromatic carbocycles. The van der Waals surface area contributed by atoms with E-state index in [1.165, 1.54) is 17.7 Å². The molecule has 2 N–H and O–H groups in total. The van der Waals surface area contributed by atoms with Crippen LogP contribution in [-0.4, -0.2) is 12.7 Å². The molecule has 1 aliphatic carbocycles. The Morgan fingerprint density at radius 1 is 1.53 bits per heavy atom. The number of thiophene rings is 1. The largest absolute Gasteiger partial charge is 0.376 e. The Bertz CT molecular complexity index is 371. The predicted molar refractivity (Wildman–Crippen MR) is 76.3 cm³/mol. The van der Waals surface area contributed by atoms with Crippen molar-refractivity contribution in [3.05, 3.63) is 20.8 Å². The Morgan fingerprint density at radius 3 is 2.65 bits per heavy atom. The van der Waals surface area contributed by atoms with Crippen LogP contribution < -0.4 is 5.73 Å². The van der Waals surface area contributed by atoms with Gasteiger partial charge in [0, 0.05) is 16.5 Å². The number of halogens is 1. The third-order valence-corrected chi connectivity index (χ3v) is 5.98. The van der Waals surface area contributed by atoms with Gasteiger partial charge in [0.15, 0.2) is 0 Å². The molecular weight excluding hydrogens is 298 g/mol. The molecule has 0 saturated heterocycles. The lowest BCUT2D eigenvalue weighted by atomic mass is 9.75. The van der Waals surface area contributed by atoms with Gasteiger partial charge in [-0.2, -0.15) is 0 Å². The molecule has 1 fully saturated rings. The van der Waals surface area contributed by atoms with Crippen molar-refractivity contribution < 1.29 is 4.74 Å². The monoisotopic (exact) mass is 317 g/mol. The first-order valence-corrected chi connectivity index (χ1v) is 7.80. The first-order chi connectivity index (χ1) is 8.09. The molecule has 1 saturated carbocycles. The van der Waals surface area contributed by atoms with Crippen LogP contribution in [-0.2, 0) is 4.74 Å². The zero-order valence-corrected chi connectivity index (χ0v) is 12.8. The summed E-state index contributed by atoms with van der Waals surface area (Å²) in [5.74, 6) is 0.803. The van der Waals surface area contributed by atoms with Crippen LogP contribution in [0.5, 0.6) is 0 Å². The van der Waals surface area contributed by atoms with Crippen LogP contribution in [0.2, 0.25) is 0 Å². The number of rotatable bonds is 3. The molecule has 1 unspecified atom stereocenters. The highest BCUT2D eigenvalue weighted by Crippen LogP contribution is 2.44. The second-order valence-electron chi connectivity index (χ2n) is 5.06. The van der Waals surface area contributed by atoms with Crippen LogP contribution >= 0.6 is 27.3 Å². The summed E-state index contributed by atoms with van der Waals surface area (Å²) >= 11 is 5.29. The highest BCUT2D eigenvalue weighted by molar-refractivity contribution is 9.10. The van der Waals surface area contributed by atoms with Crippen molar-refractivity contribution in [1.82, 2.24) is 0 Å². The van der Waals surface area contributed by atoms with Gasteiger partial charge in [0.2, 0.25) is 0 Å². The SMILES string of the molecule is COC1(C(N)c2sccc2Br)CCC(C)CC1. The van der Waals surface area contributed by atoms with Gasteiger partial charge < -0.3 is 10.5 Å². The normalized spacial score (nSPS) is 31.4. The first kappa shape index (κ1) is 13.5. The Balaban J connectivity index is 2.21. The van der Waals surface area contributed by atoms with Gasteiger partial charge in [-0.1, -0.05) is 6.92 Å². The summed E-state index contributed by atoms with van der Waals surface area (Å²) in [6.45, 7) is 2.31. The van der Waals surface area contributed by atoms with Gasteiger partial charge in [-0.25, -0.2) is 0 Å². The van der Waals surface area contributed by atoms with Crippen LogP contribution in [0.3, 0.4) is 0 Å². The highest BCUT2D eigenvalue weighted by atomic mass is 79.9. The maximum absolute atomic E-state index is 6.46. The van der Waals surface area contributed by atoms with Gasteiger partial charge in [0.05, 0.1) is 11.6 Å². The van der Waals surface area contributed by atoms with E-state index in [-0.39, 0.29) is 11.6 Å². The number of hydrogen-bond acceptors (Lipinski definition) is 3. The summed E-state index contributed by atoms with van der Waals surface area (Å²) in [7, 11) is 1.80. The summed E-state index contributed by atoms with van der Waals surface area (Å²) in [5.41, 5.74) is 6.29. The van der Waals surface area contributed by atoms with Crippen molar-refractivity contribution in [3.8, 4) is 0 Å². The van der Waals surface area contributed by atoms with Gasteiger partial charge in [-0.15, -0.1) is 11.3 Å². The summed E-state index contributed by atoms with van der Waals surface area (Å²) < 4.78 is 6.94. The van der Waals surface area contributed by atoms with Crippen molar-refractivity contribution in [2.24, 2.45) is 11.7 Å². The van der Waals surface area contributed by atoms with Crippen molar-refractivity contribution in [2.45, 2.75) is 44.2 Å². The molecule has 2 rings (SSSR count). The molecular formula is C13H20BrNOS. The lowest BCUT2D eigenvalue weighted by Crippen LogP contribution is -2.45. The van der Waals surface area contributed by atoms with Crippen molar-refractivity contribution in [3.63, 3.8) is 0 Å². The van der Waals surface area contributed by atoms with Crippen molar-refractivity contribution in [1.29, 1.82) is 0 Å². The molecule has 1 atom stereocenters. The Hall–Kier alpha value is 0.100. The molecule has 1 heterocycles. The van der Waals surface area contributed by atoms with Gasteiger partial charge >= 0.3 is 0 Å². The Morgan fingerprint density at radius 2 is 2.18 bits per heavy atom. The van der Waals surface area contributed by atoms with Gasteiger partial charge in [-0.05, 0) is 59.0 Å². The fourth-order valence-corrected chi connectivity index (χ4v) is 4.39. The van der Waals surface area contributed by atoms with Crippen LogP contribution in [0.15, 0.2) is 15.9 Å². The quantitative estimate of drug-likeness (QED) is 0.910. The Kier molecular flexibility index (Phi) is 4.29. The van der Waals surface area contributed by atoms with E-state index in [0.717, 1.165) is 23.2 Å². The molecule has 0 radical (unpaired) electrons. The summed E-state index contributed by atoms with van der Waals surface area (Å²) in [5, 5.41) is 2.08. The van der Waals surface area contributed by atoms with Crippen molar-refractivity contribution in [2.75, 3.05) is 7.11 Å². The maximum atomic E-state index is 6.46. The maximum Gasteiger partial charge on any atom is 0.0879 e. The molecule has 1 aliphatic rings. The zero-order chi connectivity index (χ0) is 12.5. The van der Waals surface area contributed by atoms with E-state index in [2.05, 4.69) is 34.3 Å². The number of nitrogens with two attached hydrogens (primary N) is 1. The second-order valence-corrected chi connectivity index (χ2v) is 6.86. The van der Waals surface area contributed by atoms with E-state index in [9.17, 15) is 0 Å². The minimum absolute atomic E-state index is 0.0191. The average Bonchev–Trinajstić information content (AvgIpc) is 2.76. The molecule has 1 aromatic heterocycles. The van der Waals surface area contributed by atoms with Crippen LogP contribution in [0.25, 0.3) is 0 Å². The van der Waals surface area contributed by atoms with E-state index in [1.54, 1.807) is 18.4 Å². The minimum Gasteiger partial charge on any atom is -0.376 e. The minimum atomic E-state index is -0.167. The fourth-order valence-electron chi connectivity index (χ4n) is 2.66. The summed E-state index contributed by atoms with van der Waals surface area (Å²) in [6, 6.07) is 2.05. The van der Waals surface area contributed by atoms with Crippen LogP contribution in [0, 0.1) is 5.92 Å². The van der Waals surface area contributed by atoms with E-state index in [1.807, 2.05) is 0 Å². The lowest BCUT2D eigenvalue weighted by molar-refractivity contribution is -0.0665. The molecule has 2 nitrogen and oxygen atoms in total. The van der Waals surface area contributed by atoms with Crippen LogP contribution in [0.4, 0.5) is 0 Å². The summed E-state index contributed by atoms with van der Waals surface area (Å²) in [4.78, 5) is 1.21. The van der Waals surface area contributed by atoms with Gasteiger partial charge in [-0.3, -0.25) is 0 Å². The fraction of sp³-hybridized carbons (Fsp3) is 0.692. The highest BCUT2D eigenvalue weighted by Gasteiger charge is 2.41. The molecule has 96 valence electrons. The van der Waals surface area contributed by atoms with E-state index in [0.29, 0.717) is 0 Å². The molecule has 0 aliphatic heterocycles. The van der Waals surface area contributed by atoms with E-state index >= 15 is 0 Å². The zero-order valence-electron chi connectivity index (χ0n) is 10.4. The Labute approximate surface area is 116 Å². The first-order valence-electron chi connectivity index (χ1n) is 6.12. The second kappa shape index (κ2) is 5.39. The molecule has 4 heteroatoms. The third-order valence-electron chi connectivity index (χ3n) is 4.02. The van der Waals surface area contributed by atoms with E-state index < -0.39 is 0 Å². The smallest absolute Gasteiger partial charge is 0.0879 e. The number of ether oxygens (including phenoxy) is 1. The molecule has 0 amide bonds. The number of methoxy groups -OCH3 is 1. The lowest BCUT2D eigenvalue weighted by Gasteiger charge is -2.42. The summed E-state index contributed by atoms with van der Waals surface area (Å²) in [6.07, 6.45) is 4.56.